The highest BCUT2D eigenvalue weighted by atomic mass is 35.5. The molecule has 1 aliphatic rings. The van der Waals surface area contributed by atoms with E-state index in [-0.39, 0.29) is 23.3 Å². The van der Waals surface area contributed by atoms with Crippen molar-refractivity contribution in [1.29, 1.82) is 0 Å². The van der Waals surface area contributed by atoms with Crippen molar-refractivity contribution in [3.63, 3.8) is 0 Å². The lowest BCUT2D eigenvalue weighted by Gasteiger charge is -2.20. The fourth-order valence-corrected chi connectivity index (χ4v) is 5.16. The van der Waals surface area contributed by atoms with Crippen molar-refractivity contribution >= 4 is 40.2 Å². The van der Waals surface area contributed by atoms with Crippen LogP contribution in [0.3, 0.4) is 0 Å². The number of ether oxygens (including phenoxy) is 1. The van der Waals surface area contributed by atoms with Gasteiger partial charge in [-0.2, -0.15) is 0 Å². The number of aryl methyl sites for hydroxylation is 2. The average molecular weight is 486 g/mol. The highest BCUT2D eigenvalue weighted by Gasteiger charge is 2.21. The predicted octanol–water partition coefficient (Wildman–Crippen LogP) is 4.60. The molecule has 0 unspecified atom stereocenters. The zero-order valence-electron chi connectivity index (χ0n) is 19.1. The van der Waals surface area contributed by atoms with Crippen LogP contribution < -0.4 is 5.56 Å². The van der Waals surface area contributed by atoms with Crippen LogP contribution in [0.15, 0.2) is 46.3 Å². The van der Waals surface area contributed by atoms with E-state index in [9.17, 15) is 9.59 Å². The molecule has 0 saturated carbocycles. The number of carbonyl (C=O) groups excluding carboxylic acids is 1. The number of aromatic nitrogens is 2. The van der Waals surface area contributed by atoms with Crippen molar-refractivity contribution in [1.82, 2.24) is 14.5 Å². The Bertz CT molecular complexity index is 1240. The quantitative estimate of drug-likeness (QED) is 0.361. The van der Waals surface area contributed by atoms with Crippen molar-refractivity contribution in [2.24, 2.45) is 0 Å². The maximum atomic E-state index is 13.2. The van der Waals surface area contributed by atoms with Crippen LogP contribution in [0.1, 0.15) is 29.5 Å². The summed E-state index contributed by atoms with van der Waals surface area (Å²) in [5.74, 6) is 0.162. The molecule has 0 radical (unpaired) electrons. The SMILES string of the molecule is Cc1ccc(CN(C)C(=O)CSc2nc3cc(Cl)ccc3c(=O)n2C[C@@H]2CCCO2)c(C)c1. The molecule has 2 heterocycles. The minimum atomic E-state index is -0.134. The number of thioether (sulfide) groups is 1. The van der Waals surface area contributed by atoms with E-state index in [1.165, 1.54) is 22.9 Å². The third-order valence-electron chi connectivity index (χ3n) is 5.95. The number of carbonyl (C=O) groups is 1. The maximum absolute atomic E-state index is 13.2. The average Bonchev–Trinajstić information content (AvgIpc) is 3.29. The number of fused-ring (bicyclic) bond motifs is 1. The van der Waals surface area contributed by atoms with Crippen LogP contribution in [-0.2, 0) is 22.6 Å². The van der Waals surface area contributed by atoms with E-state index in [0.717, 1.165) is 18.4 Å². The normalized spacial score (nSPS) is 15.8. The molecular formula is C25H28ClN3O3S. The van der Waals surface area contributed by atoms with E-state index in [0.29, 0.717) is 40.8 Å². The largest absolute Gasteiger partial charge is 0.376 e. The van der Waals surface area contributed by atoms with Crippen LogP contribution in [0.5, 0.6) is 0 Å². The Morgan fingerprint density at radius 2 is 2.09 bits per heavy atom. The Labute approximate surface area is 202 Å². The first kappa shape index (κ1) is 23.8. The summed E-state index contributed by atoms with van der Waals surface area (Å²) in [5, 5.41) is 1.55. The molecule has 0 bridgehead atoms. The van der Waals surface area contributed by atoms with Crippen LogP contribution in [-0.4, -0.2) is 45.9 Å². The summed E-state index contributed by atoms with van der Waals surface area (Å²) < 4.78 is 7.40. The van der Waals surface area contributed by atoms with Gasteiger partial charge in [-0.1, -0.05) is 47.1 Å². The number of nitrogens with zero attached hydrogens (tertiary/aromatic N) is 3. The van der Waals surface area contributed by atoms with Gasteiger partial charge in [-0.05, 0) is 56.0 Å². The number of rotatable bonds is 7. The maximum Gasteiger partial charge on any atom is 0.262 e. The van der Waals surface area contributed by atoms with E-state index in [4.69, 9.17) is 21.3 Å². The minimum absolute atomic E-state index is 0.0171. The van der Waals surface area contributed by atoms with Gasteiger partial charge in [-0.3, -0.25) is 14.2 Å². The smallest absolute Gasteiger partial charge is 0.262 e. The molecule has 1 amide bonds. The zero-order chi connectivity index (χ0) is 23.5. The number of benzene rings is 2. The Morgan fingerprint density at radius 3 is 2.82 bits per heavy atom. The molecule has 6 nitrogen and oxygen atoms in total. The lowest BCUT2D eigenvalue weighted by molar-refractivity contribution is -0.127. The van der Waals surface area contributed by atoms with Crippen molar-refractivity contribution in [2.75, 3.05) is 19.4 Å². The first-order chi connectivity index (χ1) is 15.8. The Kier molecular flexibility index (Phi) is 7.41. The molecule has 0 aliphatic carbocycles. The van der Waals surface area contributed by atoms with Gasteiger partial charge in [0, 0.05) is 25.2 Å². The highest BCUT2D eigenvalue weighted by molar-refractivity contribution is 7.99. The van der Waals surface area contributed by atoms with Crippen LogP contribution in [0.25, 0.3) is 10.9 Å². The lowest BCUT2D eigenvalue weighted by Crippen LogP contribution is -2.30. The van der Waals surface area contributed by atoms with Gasteiger partial charge in [-0.25, -0.2) is 4.98 Å². The number of hydrogen-bond acceptors (Lipinski definition) is 5. The zero-order valence-corrected chi connectivity index (χ0v) is 20.7. The van der Waals surface area contributed by atoms with Gasteiger partial charge in [0.1, 0.15) is 0 Å². The van der Waals surface area contributed by atoms with Crippen LogP contribution >= 0.6 is 23.4 Å². The van der Waals surface area contributed by atoms with Gasteiger partial charge in [0.15, 0.2) is 5.16 Å². The third kappa shape index (κ3) is 5.60. The summed E-state index contributed by atoms with van der Waals surface area (Å²) in [4.78, 5) is 32.6. The van der Waals surface area contributed by atoms with Gasteiger partial charge in [0.05, 0.1) is 29.3 Å². The van der Waals surface area contributed by atoms with Gasteiger partial charge < -0.3 is 9.64 Å². The fourth-order valence-electron chi connectivity index (χ4n) is 4.04. The molecule has 1 aromatic heterocycles. The van der Waals surface area contributed by atoms with Gasteiger partial charge in [-0.15, -0.1) is 0 Å². The van der Waals surface area contributed by atoms with Crippen LogP contribution in [0.4, 0.5) is 0 Å². The molecule has 33 heavy (non-hydrogen) atoms. The Hall–Kier alpha value is -2.35. The van der Waals surface area contributed by atoms with Crippen molar-refractivity contribution < 1.29 is 9.53 Å². The molecule has 2 aromatic carbocycles. The number of amides is 1. The second kappa shape index (κ2) is 10.3. The topological polar surface area (TPSA) is 64.4 Å². The second-order valence-electron chi connectivity index (χ2n) is 8.58. The lowest BCUT2D eigenvalue weighted by atomic mass is 10.1. The summed E-state index contributed by atoms with van der Waals surface area (Å²) >= 11 is 7.41. The van der Waals surface area contributed by atoms with Gasteiger partial charge >= 0.3 is 0 Å². The van der Waals surface area contributed by atoms with E-state index < -0.39 is 0 Å². The second-order valence-corrected chi connectivity index (χ2v) is 9.95. The molecule has 8 heteroatoms. The van der Waals surface area contributed by atoms with E-state index >= 15 is 0 Å². The molecule has 1 fully saturated rings. The number of halogens is 1. The molecule has 1 atom stereocenters. The van der Waals surface area contributed by atoms with Crippen molar-refractivity contribution in [2.45, 2.75) is 51.0 Å². The molecule has 1 aliphatic heterocycles. The standard InChI is InChI=1S/C25H28ClN3O3S/c1-16-6-7-18(17(2)11-16)13-28(3)23(30)15-33-25-27-22-12-19(26)8-9-21(22)24(31)29(25)14-20-5-4-10-32-20/h6-9,11-12,20H,4-5,10,13-15H2,1-3H3/t20-/m0/s1. The molecule has 0 N–H and O–H groups in total. The number of hydrogen-bond donors (Lipinski definition) is 0. The molecular weight excluding hydrogens is 458 g/mol. The molecule has 3 aromatic rings. The molecule has 0 spiro atoms. The summed E-state index contributed by atoms with van der Waals surface area (Å²) in [5.41, 5.74) is 3.89. The predicted molar refractivity (Wildman–Crippen MR) is 133 cm³/mol. The van der Waals surface area contributed by atoms with Crippen molar-refractivity contribution in [3.8, 4) is 0 Å². The van der Waals surface area contributed by atoms with E-state index in [1.54, 1.807) is 34.7 Å². The molecule has 4 rings (SSSR count). The third-order valence-corrected chi connectivity index (χ3v) is 7.14. The molecule has 1 saturated heterocycles. The van der Waals surface area contributed by atoms with Crippen LogP contribution in [0, 0.1) is 13.8 Å². The summed E-state index contributed by atoms with van der Waals surface area (Å²) in [6, 6.07) is 11.3. The molecule has 174 valence electrons. The van der Waals surface area contributed by atoms with E-state index in [1.807, 2.05) is 0 Å². The fraction of sp³-hybridized carbons (Fsp3) is 0.400. The van der Waals surface area contributed by atoms with Crippen LogP contribution in [0.2, 0.25) is 5.02 Å². The first-order valence-electron chi connectivity index (χ1n) is 11.1. The Morgan fingerprint density at radius 1 is 1.27 bits per heavy atom. The monoisotopic (exact) mass is 485 g/mol. The van der Waals surface area contributed by atoms with Crippen molar-refractivity contribution in [3.05, 3.63) is 68.5 Å². The highest BCUT2D eigenvalue weighted by Crippen LogP contribution is 2.23. The Balaban J connectivity index is 1.54. The van der Waals surface area contributed by atoms with Gasteiger partial charge in [0.2, 0.25) is 5.91 Å². The van der Waals surface area contributed by atoms with E-state index in [2.05, 4.69) is 32.0 Å². The summed E-state index contributed by atoms with van der Waals surface area (Å²) in [6.07, 6.45) is 1.88. The summed E-state index contributed by atoms with van der Waals surface area (Å²) in [7, 11) is 1.80. The minimum Gasteiger partial charge on any atom is -0.376 e. The van der Waals surface area contributed by atoms with Gasteiger partial charge in [0.25, 0.3) is 5.56 Å². The first-order valence-corrected chi connectivity index (χ1v) is 12.4. The summed E-state index contributed by atoms with van der Waals surface area (Å²) in [6.45, 7) is 5.79.